The van der Waals surface area contributed by atoms with E-state index in [1.165, 1.54) is 38.5 Å². The first-order chi connectivity index (χ1) is 7.74. The maximum atomic E-state index is 10.8. The third kappa shape index (κ3) is 6.92. The van der Waals surface area contributed by atoms with E-state index in [1.807, 2.05) is 0 Å². The molecule has 0 aromatic heterocycles. The van der Waals surface area contributed by atoms with Crippen molar-refractivity contribution in [3.8, 4) is 0 Å². The molecule has 0 aliphatic heterocycles. The Morgan fingerprint density at radius 3 is 2.18 bits per heavy atom. The molecule has 1 fully saturated rings. The van der Waals surface area contributed by atoms with Crippen LogP contribution in [0.4, 0.5) is 0 Å². The molecule has 0 aromatic carbocycles. The highest BCUT2D eigenvalue weighted by Gasteiger charge is 2.25. The maximum absolute atomic E-state index is 10.8. The molecule has 102 valence electrons. The van der Waals surface area contributed by atoms with Crippen LogP contribution in [0.2, 0.25) is 0 Å². The molecule has 0 saturated heterocycles. The van der Waals surface area contributed by atoms with Crippen molar-refractivity contribution in [3.05, 3.63) is 0 Å². The molecule has 0 radical (unpaired) electrons. The smallest absolute Gasteiger partial charge is 0.306 e. The van der Waals surface area contributed by atoms with E-state index in [1.54, 1.807) is 0 Å². The lowest BCUT2D eigenvalue weighted by molar-refractivity contribution is -0.143. The Bertz CT molecular complexity index is 198. The van der Waals surface area contributed by atoms with Gasteiger partial charge in [0, 0.05) is 0 Å². The van der Waals surface area contributed by atoms with Crippen LogP contribution in [0.5, 0.6) is 0 Å². The molecule has 0 aromatic rings. The lowest BCUT2D eigenvalue weighted by atomic mass is 9.80. The van der Waals surface area contributed by atoms with Crippen LogP contribution < -0.4 is 0 Å². The van der Waals surface area contributed by atoms with Crippen molar-refractivity contribution in [3.63, 3.8) is 0 Å². The Hall–Kier alpha value is -0.240. The second-order valence-corrected chi connectivity index (χ2v) is 5.26. The molecule has 1 saturated carbocycles. The fraction of sp³-hybridized carbons (Fsp3) is 0.929. The van der Waals surface area contributed by atoms with Crippen LogP contribution in [-0.2, 0) is 4.79 Å². The van der Waals surface area contributed by atoms with E-state index in [4.69, 9.17) is 5.11 Å². The first-order valence-electron chi connectivity index (χ1n) is 6.96. The van der Waals surface area contributed by atoms with E-state index in [0.29, 0.717) is 0 Å². The molecule has 1 rings (SSSR count). The van der Waals surface area contributed by atoms with Gasteiger partial charge in [-0.05, 0) is 31.6 Å². The predicted molar refractivity (Wildman–Crippen MR) is 73.7 cm³/mol. The molecule has 1 aliphatic rings. The van der Waals surface area contributed by atoms with Crippen molar-refractivity contribution < 1.29 is 9.90 Å². The summed E-state index contributed by atoms with van der Waals surface area (Å²) in [7, 11) is 0. The summed E-state index contributed by atoms with van der Waals surface area (Å²) in [5.74, 6) is 0.190. The van der Waals surface area contributed by atoms with Crippen LogP contribution in [0, 0.1) is 11.8 Å². The Morgan fingerprint density at radius 2 is 1.65 bits per heavy atom. The van der Waals surface area contributed by atoms with Gasteiger partial charge in [-0.25, -0.2) is 0 Å². The zero-order chi connectivity index (χ0) is 11.8. The zero-order valence-corrected chi connectivity index (χ0v) is 11.8. The second-order valence-electron chi connectivity index (χ2n) is 5.26. The monoisotopic (exact) mass is 262 g/mol. The number of hydrogen-bond donors (Lipinski definition) is 1. The molecule has 2 nitrogen and oxygen atoms in total. The number of carboxylic acid groups (broad SMARTS) is 1. The molecule has 0 spiro atoms. The fourth-order valence-corrected chi connectivity index (χ4v) is 2.73. The summed E-state index contributed by atoms with van der Waals surface area (Å²) >= 11 is 0. The first kappa shape index (κ1) is 16.8. The summed E-state index contributed by atoms with van der Waals surface area (Å²) in [6.07, 6.45) is 12.2. The van der Waals surface area contributed by atoms with Crippen molar-refractivity contribution in [2.24, 2.45) is 11.8 Å². The van der Waals surface area contributed by atoms with E-state index in [0.717, 1.165) is 31.6 Å². The third-order valence-corrected chi connectivity index (χ3v) is 3.91. The van der Waals surface area contributed by atoms with Gasteiger partial charge in [0.05, 0.1) is 5.92 Å². The molecule has 0 heterocycles. The standard InChI is InChI=1S/C14H26O2.ClH/c1-2-3-4-5-6-7-12-8-10-13(11-9-12)14(15)16;/h12-13H,2-11H2,1H3,(H,15,16);1H. The van der Waals surface area contributed by atoms with E-state index in [2.05, 4.69) is 6.92 Å². The van der Waals surface area contributed by atoms with Gasteiger partial charge in [-0.15, -0.1) is 12.4 Å². The Kier molecular flexibility index (Phi) is 9.62. The number of rotatable bonds is 7. The van der Waals surface area contributed by atoms with Crippen molar-refractivity contribution in [1.29, 1.82) is 0 Å². The van der Waals surface area contributed by atoms with E-state index < -0.39 is 5.97 Å². The van der Waals surface area contributed by atoms with E-state index in [-0.39, 0.29) is 18.3 Å². The highest BCUT2D eigenvalue weighted by Crippen LogP contribution is 2.32. The number of carboxylic acids is 1. The van der Waals surface area contributed by atoms with Gasteiger partial charge >= 0.3 is 5.97 Å². The van der Waals surface area contributed by atoms with Gasteiger partial charge < -0.3 is 5.11 Å². The molecule has 0 atom stereocenters. The van der Waals surface area contributed by atoms with Crippen molar-refractivity contribution in [1.82, 2.24) is 0 Å². The van der Waals surface area contributed by atoms with E-state index >= 15 is 0 Å². The summed E-state index contributed by atoms with van der Waals surface area (Å²) in [4.78, 5) is 10.8. The minimum atomic E-state index is -0.582. The minimum absolute atomic E-state index is 0. The van der Waals surface area contributed by atoms with Crippen LogP contribution in [0.3, 0.4) is 0 Å². The van der Waals surface area contributed by atoms with Gasteiger partial charge in [0.25, 0.3) is 0 Å². The molecule has 0 bridgehead atoms. The maximum Gasteiger partial charge on any atom is 0.306 e. The number of carbonyl (C=O) groups is 1. The third-order valence-electron chi connectivity index (χ3n) is 3.91. The molecule has 1 aliphatic carbocycles. The summed E-state index contributed by atoms with van der Waals surface area (Å²) in [5.41, 5.74) is 0. The van der Waals surface area contributed by atoms with Crippen LogP contribution in [0.1, 0.15) is 71.1 Å². The summed E-state index contributed by atoms with van der Waals surface area (Å²) in [5, 5.41) is 8.90. The molecule has 17 heavy (non-hydrogen) atoms. The van der Waals surface area contributed by atoms with Gasteiger partial charge in [-0.2, -0.15) is 0 Å². The molecular formula is C14H27ClO2. The lowest BCUT2D eigenvalue weighted by Gasteiger charge is -2.25. The zero-order valence-electron chi connectivity index (χ0n) is 11.0. The molecular weight excluding hydrogens is 236 g/mol. The van der Waals surface area contributed by atoms with Gasteiger partial charge in [-0.1, -0.05) is 45.4 Å². The van der Waals surface area contributed by atoms with Gasteiger partial charge in [-0.3, -0.25) is 4.79 Å². The average molecular weight is 263 g/mol. The van der Waals surface area contributed by atoms with Crippen LogP contribution in [0.15, 0.2) is 0 Å². The summed E-state index contributed by atoms with van der Waals surface area (Å²) < 4.78 is 0. The normalized spacial score (nSPS) is 24.1. The molecule has 0 amide bonds. The number of halogens is 1. The topological polar surface area (TPSA) is 37.3 Å². The van der Waals surface area contributed by atoms with Crippen LogP contribution >= 0.6 is 12.4 Å². The minimum Gasteiger partial charge on any atom is -0.481 e. The Labute approximate surface area is 112 Å². The van der Waals surface area contributed by atoms with Crippen LogP contribution in [0.25, 0.3) is 0 Å². The number of hydrogen-bond acceptors (Lipinski definition) is 1. The van der Waals surface area contributed by atoms with Crippen LogP contribution in [-0.4, -0.2) is 11.1 Å². The Balaban J connectivity index is 0.00000256. The van der Waals surface area contributed by atoms with Gasteiger partial charge in [0.15, 0.2) is 0 Å². The van der Waals surface area contributed by atoms with Gasteiger partial charge in [0.1, 0.15) is 0 Å². The first-order valence-corrected chi connectivity index (χ1v) is 6.96. The number of unbranched alkanes of at least 4 members (excludes halogenated alkanes) is 4. The van der Waals surface area contributed by atoms with Crippen molar-refractivity contribution >= 4 is 18.4 Å². The van der Waals surface area contributed by atoms with Crippen molar-refractivity contribution in [2.45, 2.75) is 71.1 Å². The fourth-order valence-electron chi connectivity index (χ4n) is 2.73. The molecule has 1 N–H and O–H groups in total. The quantitative estimate of drug-likeness (QED) is 0.678. The number of aliphatic carboxylic acids is 1. The molecule has 3 heteroatoms. The van der Waals surface area contributed by atoms with E-state index in [9.17, 15) is 4.79 Å². The lowest BCUT2D eigenvalue weighted by Crippen LogP contribution is -2.21. The highest BCUT2D eigenvalue weighted by atomic mass is 35.5. The largest absolute Gasteiger partial charge is 0.481 e. The van der Waals surface area contributed by atoms with Gasteiger partial charge in [0.2, 0.25) is 0 Å². The van der Waals surface area contributed by atoms with Crippen molar-refractivity contribution in [2.75, 3.05) is 0 Å². The highest BCUT2D eigenvalue weighted by molar-refractivity contribution is 5.85. The molecule has 0 unspecified atom stereocenters. The Morgan fingerprint density at radius 1 is 1.06 bits per heavy atom. The SMILES string of the molecule is CCCCCCCC1CCC(C(=O)O)CC1.Cl. The average Bonchev–Trinajstić information content (AvgIpc) is 2.29. The summed E-state index contributed by atoms with van der Waals surface area (Å²) in [6, 6.07) is 0. The second kappa shape index (κ2) is 9.76. The summed E-state index contributed by atoms with van der Waals surface area (Å²) in [6.45, 7) is 2.24. The predicted octanol–water partition coefficient (Wildman–Crippen LogP) is 4.66.